The first-order valence-electron chi connectivity index (χ1n) is 5.70. The maximum Gasteiger partial charge on any atom is 0.0733 e. The van der Waals surface area contributed by atoms with Crippen molar-refractivity contribution < 1.29 is 5.11 Å². The quantitative estimate of drug-likeness (QED) is 0.872. The first-order valence-corrected chi connectivity index (χ1v) is 6.49. The van der Waals surface area contributed by atoms with Crippen molar-refractivity contribution in [2.45, 2.75) is 38.8 Å². The lowest BCUT2D eigenvalue weighted by Gasteiger charge is -2.21. The van der Waals surface area contributed by atoms with Crippen LogP contribution in [0, 0.1) is 5.92 Å². The second-order valence-electron chi connectivity index (χ2n) is 4.59. The molecular weight excluding hydrogens is 266 g/mol. The molecule has 1 aromatic carbocycles. The van der Waals surface area contributed by atoms with Crippen LogP contribution in [-0.2, 0) is 0 Å². The fourth-order valence-electron chi connectivity index (χ4n) is 1.64. The predicted octanol–water partition coefficient (Wildman–Crippen LogP) is 3.25. The molecule has 0 unspecified atom stereocenters. The standard InChI is InChI=1S/C13H20BrNO/c1-9(2)7-8-12(16)13(15)10-5-3-4-6-11(10)14/h3-6,9,12-13,16H,7-8,15H2,1-2H3/t12-,13+/m0/s1. The van der Waals surface area contributed by atoms with Crippen LogP contribution in [0.3, 0.4) is 0 Å². The molecule has 0 saturated carbocycles. The SMILES string of the molecule is CC(C)CC[C@H](O)[C@H](N)c1ccccc1Br. The molecule has 3 N–H and O–H groups in total. The van der Waals surface area contributed by atoms with Crippen molar-refractivity contribution in [1.82, 2.24) is 0 Å². The number of hydrogen-bond donors (Lipinski definition) is 2. The molecule has 0 aliphatic rings. The summed E-state index contributed by atoms with van der Waals surface area (Å²) in [7, 11) is 0. The molecule has 0 fully saturated rings. The molecule has 0 aliphatic heterocycles. The highest BCUT2D eigenvalue weighted by Gasteiger charge is 2.18. The van der Waals surface area contributed by atoms with E-state index >= 15 is 0 Å². The number of hydrogen-bond acceptors (Lipinski definition) is 2. The summed E-state index contributed by atoms with van der Waals surface area (Å²) in [5, 5.41) is 10.00. The average molecular weight is 286 g/mol. The minimum absolute atomic E-state index is 0.311. The minimum Gasteiger partial charge on any atom is -0.391 e. The van der Waals surface area contributed by atoms with Crippen molar-refractivity contribution in [3.8, 4) is 0 Å². The molecule has 0 bridgehead atoms. The van der Waals surface area contributed by atoms with E-state index in [-0.39, 0.29) is 6.04 Å². The Morgan fingerprint density at radius 3 is 2.44 bits per heavy atom. The van der Waals surface area contributed by atoms with Crippen molar-refractivity contribution in [3.63, 3.8) is 0 Å². The van der Waals surface area contributed by atoms with E-state index in [0.717, 1.165) is 22.9 Å². The largest absolute Gasteiger partial charge is 0.391 e. The first-order chi connectivity index (χ1) is 7.52. The van der Waals surface area contributed by atoms with E-state index in [9.17, 15) is 5.11 Å². The monoisotopic (exact) mass is 285 g/mol. The Hall–Kier alpha value is -0.380. The summed E-state index contributed by atoms with van der Waals surface area (Å²) in [5.41, 5.74) is 7.02. The molecule has 0 saturated heterocycles. The van der Waals surface area contributed by atoms with Crippen LogP contribution in [0.4, 0.5) is 0 Å². The summed E-state index contributed by atoms with van der Waals surface area (Å²) in [6.45, 7) is 4.30. The van der Waals surface area contributed by atoms with E-state index < -0.39 is 6.10 Å². The van der Waals surface area contributed by atoms with Crippen molar-refractivity contribution in [3.05, 3.63) is 34.3 Å². The highest BCUT2D eigenvalue weighted by Crippen LogP contribution is 2.25. The Kier molecular flexibility index (Phi) is 5.46. The maximum absolute atomic E-state index is 10.00. The fraction of sp³-hybridized carbons (Fsp3) is 0.538. The number of halogens is 1. The zero-order valence-corrected chi connectivity index (χ0v) is 11.4. The van der Waals surface area contributed by atoms with Crippen LogP contribution < -0.4 is 5.73 Å². The Bertz CT molecular complexity index is 327. The zero-order chi connectivity index (χ0) is 12.1. The molecule has 0 amide bonds. The third-order valence-corrected chi connectivity index (χ3v) is 3.44. The smallest absolute Gasteiger partial charge is 0.0733 e. The maximum atomic E-state index is 10.00. The average Bonchev–Trinajstić information content (AvgIpc) is 2.25. The van der Waals surface area contributed by atoms with Gasteiger partial charge in [-0.15, -0.1) is 0 Å². The number of aliphatic hydroxyl groups is 1. The van der Waals surface area contributed by atoms with Gasteiger partial charge in [0.2, 0.25) is 0 Å². The summed E-state index contributed by atoms with van der Waals surface area (Å²) >= 11 is 3.45. The molecule has 2 atom stereocenters. The molecule has 0 heterocycles. The Balaban J connectivity index is 2.63. The van der Waals surface area contributed by atoms with Crippen molar-refractivity contribution >= 4 is 15.9 Å². The van der Waals surface area contributed by atoms with E-state index in [1.165, 1.54) is 0 Å². The second kappa shape index (κ2) is 6.38. The van der Waals surface area contributed by atoms with Crippen LogP contribution in [-0.4, -0.2) is 11.2 Å². The van der Waals surface area contributed by atoms with Gasteiger partial charge in [0.05, 0.1) is 12.1 Å². The topological polar surface area (TPSA) is 46.2 Å². The van der Waals surface area contributed by atoms with Crippen molar-refractivity contribution in [2.75, 3.05) is 0 Å². The molecular formula is C13H20BrNO. The molecule has 0 aliphatic carbocycles. The molecule has 16 heavy (non-hydrogen) atoms. The van der Waals surface area contributed by atoms with Gasteiger partial charge in [0.25, 0.3) is 0 Å². The van der Waals surface area contributed by atoms with Gasteiger partial charge in [-0.3, -0.25) is 0 Å². The Morgan fingerprint density at radius 2 is 1.88 bits per heavy atom. The van der Waals surface area contributed by atoms with Gasteiger partial charge in [-0.05, 0) is 30.4 Å². The molecule has 1 aromatic rings. The normalized spacial score (nSPS) is 15.1. The third kappa shape index (κ3) is 3.89. The van der Waals surface area contributed by atoms with Gasteiger partial charge in [-0.1, -0.05) is 48.0 Å². The van der Waals surface area contributed by atoms with Gasteiger partial charge in [0.1, 0.15) is 0 Å². The van der Waals surface area contributed by atoms with Crippen LogP contribution in [0.2, 0.25) is 0 Å². The van der Waals surface area contributed by atoms with E-state index in [2.05, 4.69) is 29.8 Å². The Labute approximate surface area is 106 Å². The van der Waals surface area contributed by atoms with Crippen LogP contribution in [0.15, 0.2) is 28.7 Å². The molecule has 0 radical (unpaired) electrons. The van der Waals surface area contributed by atoms with Gasteiger partial charge in [0.15, 0.2) is 0 Å². The molecule has 2 nitrogen and oxygen atoms in total. The second-order valence-corrected chi connectivity index (χ2v) is 5.44. The lowest BCUT2D eigenvalue weighted by Crippen LogP contribution is -2.26. The van der Waals surface area contributed by atoms with Crippen molar-refractivity contribution in [1.29, 1.82) is 0 Å². The van der Waals surface area contributed by atoms with Gasteiger partial charge in [0, 0.05) is 4.47 Å². The molecule has 0 spiro atoms. The van der Waals surface area contributed by atoms with Crippen LogP contribution in [0.25, 0.3) is 0 Å². The molecule has 90 valence electrons. The van der Waals surface area contributed by atoms with Gasteiger partial charge >= 0.3 is 0 Å². The van der Waals surface area contributed by atoms with Crippen LogP contribution >= 0.6 is 15.9 Å². The van der Waals surface area contributed by atoms with Gasteiger partial charge in [-0.2, -0.15) is 0 Å². The Morgan fingerprint density at radius 1 is 1.25 bits per heavy atom. The minimum atomic E-state index is -0.471. The molecule has 1 rings (SSSR count). The van der Waals surface area contributed by atoms with Gasteiger partial charge in [-0.25, -0.2) is 0 Å². The third-order valence-electron chi connectivity index (χ3n) is 2.72. The number of benzene rings is 1. The fourth-order valence-corrected chi connectivity index (χ4v) is 2.19. The number of rotatable bonds is 5. The lowest BCUT2D eigenvalue weighted by atomic mass is 9.96. The predicted molar refractivity (Wildman–Crippen MR) is 71.1 cm³/mol. The van der Waals surface area contributed by atoms with E-state index in [0.29, 0.717) is 5.92 Å². The summed E-state index contributed by atoms with van der Waals surface area (Å²) in [6, 6.07) is 7.47. The van der Waals surface area contributed by atoms with Crippen molar-refractivity contribution in [2.24, 2.45) is 11.7 Å². The zero-order valence-electron chi connectivity index (χ0n) is 9.86. The highest BCUT2D eigenvalue weighted by molar-refractivity contribution is 9.10. The summed E-state index contributed by atoms with van der Waals surface area (Å²) in [6.07, 6.45) is 1.28. The lowest BCUT2D eigenvalue weighted by molar-refractivity contribution is 0.128. The first kappa shape index (κ1) is 13.7. The number of aliphatic hydroxyl groups excluding tert-OH is 1. The van der Waals surface area contributed by atoms with E-state index in [4.69, 9.17) is 5.73 Å². The summed E-state index contributed by atoms with van der Waals surface area (Å²) < 4.78 is 0.964. The van der Waals surface area contributed by atoms with Gasteiger partial charge < -0.3 is 10.8 Å². The highest BCUT2D eigenvalue weighted by atomic mass is 79.9. The summed E-state index contributed by atoms with van der Waals surface area (Å²) in [4.78, 5) is 0. The van der Waals surface area contributed by atoms with E-state index in [1.807, 2.05) is 24.3 Å². The van der Waals surface area contributed by atoms with E-state index in [1.54, 1.807) is 0 Å². The molecule has 0 aromatic heterocycles. The van der Waals surface area contributed by atoms with Crippen LogP contribution in [0.1, 0.15) is 38.3 Å². The molecule has 3 heteroatoms. The number of nitrogens with two attached hydrogens (primary N) is 1. The summed E-state index contributed by atoms with van der Waals surface area (Å²) in [5.74, 6) is 0.598. The van der Waals surface area contributed by atoms with Crippen LogP contribution in [0.5, 0.6) is 0 Å².